The first-order valence-electron chi connectivity index (χ1n) is 7.28. The zero-order chi connectivity index (χ0) is 13.1. The van der Waals surface area contributed by atoms with Crippen LogP contribution in [0.25, 0.3) is 0 Å². The van der Waals surface area contributed by atoms with Crippen LogP contribution in [0.4, 0.5) is 0 Å². The van der Waals surface area contributed by atoms with E-state index in [1.165, 1.54) is 25.7 Å². The first kappa shape index (κ1) is 15.0. The molecule has 0 radical (unpaired) electrons. The van der Waals surface area contributed by atoms with E-state index in [-0.39, 0.29) is 5.54 Å². The molecule has 1 aliphatic carbocycles. The van der Waals surface area contributed by atoms with Crippen molar-refractivity contribution in [2.45, 2.75) is 77.9 Å². The van der Waals surface area contributed by atoms with Gasteiger partial charge in [-0.2, -0.15) is 0 Å². The largest absolute Gasteiger partial charge is 0.311 e. The number of hydrogen-bond donors (Lipinski definition) is 1. The van der Waals surface area contributed by atoms with Gasteiger partial charge in [-0.1, -0.05) is 26.7 Å². The van der Waals surface area contributed by atoms with Gasteiger partial charge < -0.3 is 5.32 Å². The van der Waals surface area contributed by atoms with Crippen LogP contribution < -0.4 is 5.32 Å². The molecule has 0 aromatic heterocycles. The van der Waals surface area contributed by atoms with Crippen LogP contribution >= 0.6 is 0 Å². The van der Waals surface area contributed by atoms with Crippen LogP contribution in [0.3, 0.4) is 0 Å². The molecule has 0 aromatic rings. The number of rotatable bonds is 5. The predicted octanol–water partition coefficient (Wildman–Crippen LogP) is 3.27. The molecule has 0 heterocycles. The molecule has 1 saturated carbocycles. The monoisotopic (exact) mass is 240 g/mol. The van der Waals surface area contributed by atoms with Crippen LogP contribution in [0.15, 0.2) is 0 Å². The van der Waals surface area contributed by atoms with Crippen molar-refractivity contribution in [1.82, 2.24) is 10.2 Å². The van der Waals surface area contributed by atoms with Gasteiger partial charge in [0.1, 0.15) is 0 Å². The number of nitrogens with one attached hydrogen (secondary N) is 1. The Labute approximate surface area is 108 Å². The molecule has 102 valence electrons. The number of hydrogen-bond acceptors (Lipinski definition) is 2. The van der Waals surface area contributed by atoms with E-state index in [4.69, 9.17) is 0 Å². The van der Waals surface area contributed by atoms with Gasteiger partial charge in [0.25, 0.3) is 0 Å². The van der Waals surface area contributed by atoms with Crippen molar-refractivity contribution in [3.63, 3.8) is 0 Å². The van der Waals surface area contributed by atoms with Crippen molar-refractivity contribution in [3.8, 4) is 0 Å². The second-order valence-corrected chi connectivity index (χ2v) is 7.05. The summed E-state index contributed by atoms with van der Waals surface area (Å²) in [5, 5.41) is 3.67. The normalized spacial score (nSPS) is 20.5. The Bertz CT molecular complexity index is 211. The van der Waals surface area contributed by atoms with Crippen LogP contribution in [-0.2, 0) is 0 Å². The van der Waals surface area contributed by atoms with E-state index in [0.717, 1.165) is 18.5 Å². The molecule has 1 atom stereocenters. The Hall–Kier alpha value is -0.0800. The second kappa shape index (κ2) is 6.19. The maximum absolute atomic E-state index is 3.67. The zero-order valence-electron chi connectivity index (χ0n) is 12.7. The first-order valence-corrected chi connectivity index (χ1v) is 7.28. The predicted molar refractivity (Wildman–Crippen MR) is 76.4 cm³/mol. The van der Waals surface area contributed by atoms with Crippen molar-refractivity contribution in [1.29, 1.82) is 0 Å². The third-order valence-corrected chi connectivity index (χ3v) is 4.03. The Morgan fingerprint density at radius 2 is 1.71 bits per heavy atom. The van der Waals surface area contributed by atoms with E-state index < -0.39 is 0 Å². The maximum Gasteiger partial charge on any atom is 0.0243 e. The van der Waals surface area contributed by atoms with E-state index >= 15 is 0 Å². The molecule has 0 saturated heterocycles. The van der Waals surface area contributed by atoms with Crippen LogP contribution in [0.1, 0.15) is 60.3 Å². The fourth-order valence-electron chi connectivity index (χ4n) is 2.84. The molecule has 2 nitrogen and oxygen atoms in total. The molecule has 0 amide bonds. The average Bonchev–Trinajstić information content (AvgIpc) is 2.67. The Morgan fingerprint density at radius 3 is 2.12 bits per heavy atom. The fraction of sp³-hybridized carbons (Fsp3) is 1.00. The van der Waals surface area contributed by atoms with Gasteiger partial charge in [-0.3, -0.25) is 4.90 Å². The van der Waals surface area contributed by atoms with Crippen molar-refractivity contribution >= 4 is 0 Å². The summed E-state index contributed by atoms with van der Waals surface area (Å²) in [6.45, 7) is 12.6. The zero-order valence-corrected chi connectivity index (χ0v) is 12.7. The molecular weight excluding hydrogens is 208 g/mol. The van der Waals surface area contributed by atoms with Gasteiger partial charge in [0.15, 0.2) is 0 Å². The molecule has 2 heteroatoms. The van der Waals surface area contributed by atoms with Gasteiger partial charge >= 0.3 is 0 Å². The Kier molecular flexibility index (Phi) is 5.46. The topological polar surface area (TPSA) is 15.3 Å². The number of likely N-dealkylation sites (N-methyl/N-ethyl adjacent to an activating group) is 1. The van der Waals surface area contributed by atoms with E-state index in [9.17, 15) is 0 Å². The molecule has 0 aromatic carbocycles. The van der Waals surface area contributed by atoms with Crippen molar-refractivity contribution < 1.29 is 0 Å². The molecule has 1 fully saturated rings. The molecule has 0 bridgehead atoms. The van der Waals surface area contributed by atoms with Crippen molar-refractivity contribution in [2.75, 3.05) is 13.6 Å². The highest BCUT2D eigenvalue weighted by Gasteiger charge is 2.28. The van der Waals surface area contributed by atoms with E-state index in [2.05, 4.69) is 51.9 Å². The smallest absolute Gasteiger partial charge is 0.0243 e. The van der Waals surface area contributed by atoms with Gasteiger partial charge in [0.05, 0.1) is 0 Å². The molecule has 0 aliphatic heterocycles. The van der Waals surface area contributed by atoms with Crippen LogP contribution in [0, 0.1) is 5.92 Å². The third-order valence-electron chi connectivity index (χ3n) is 4.03. The van der Waals surface area contributed by atoms with Crippen molar-refractivity contribution in [3.05, 3.63) is 0 Å². The summed E-state index contributed by atoms with van der Waals surface area (Å²) in [7, 11) is 2.32. The standard InChI is InChI=1S/C15H32N2/c1-12(2)14(11-16-15(3,4)5)17(6)13-9-7-8-10-13/h12-14,16H,7-11H2,1-6H3. The summed E-state index contributed by atoms with van der Waals surface area (Å²) in [5.41, 5.74) is 0.226. The van der Waals surface area contributed by atoms with Crippen LogP contribution in [0.5, 0.6) is 0 Å². The lowest BCUT2D eigenvalue weighted by Gasteiger charge is -2.37. The van der Waals surface area contributed by atoms with Gasteiger partial charge in [0, 0.05) is 24.2 Å². The second-order valence-electron chi connectivity index (χ2n) is 7.05. The first-order chi connectivity index (χ1) is 7.81. The molecule has 17 heavy (non-hydrogen) atoms. The molecule has 1 aliphatic rings. The minimum absolute atomic E-state index is 0.226. The SMILES string of the molecule is CC(C)C(CNC(C)(C)C)N(C)C1CCCC1. The number of nitrogens with zero attached hydrogens (tertiary/aromatic N) is 1. The Morgan fingerprint density at radius 1 is 1.18 bits per heavy atom. The van der Waals surface area contributed by atoms with Gasteiger partial charge in [0.2, 0.25) is 0 Å². The summed E-state index contributed by atoms with van der Waals surface area (Å²) in [6.07, 6.45) is 5.64. The van der Waals surface area contributed by atoms with E-state index in [1.54, 1.807) is 0 Å². The highest BCUT2D eigenvalue weighted by atomic mass is 15.2. The fourth-order valence-corrected chi connectivity index (χ4v) is 2.84. The van der Waals surface area contributed by atoms with Crippen LogP contribution in [0.2, 0.25) is 0 Å². The van der Waals surface area contributed by atoms with Crippen molar-refractivity contribution in [2.24, 2.45) is 5.92 Å². The minimum Gasteiger partial charge on any atom is -0.311 e. The lowest BCUT2D eigenvalue weighted by atomic mass is 9.99. The molecular formula is C15H32N2. The van der Waals surface area contributed by atoms with Gasteiger partial charge in [-0.15, -0.1) is 0 Å². The maximum atomic E-state index is 3.67. The molecule has 0 spiro atoms. The average molecular weight is 240 g/mol. The molecule has 1 unspecified atom stereocenters. The van der Waals surface area contributed by atoms with Gasteiger partial charge in [-0.25, -0.2) is 0 Å². The summed E-state index contributed by atoms with van der Waals surface area (Å²) in [4.78, 5) is 2.64. The van der Waals surface area contributed by atoms with E-state index in [0.29, 0.717) is 6.04 Å². The summed E-state index contributed by atoms with van der Waals surface area (Å²) in [6, 6.07) is 1.49. The lowest BCUT2D eigenvalue weighted by Crippen LogP contribution is -2.51. The minimum atomic E-state index is 0.226. The quantitative estimate of drug-likeness (QED) is 0.793. The Balaban J connectivity index is 2.52. The summed E-state index contributed by atoms with van der Waals surface area (Å²) >= 11 is 0. The molecule has 1 rings (SSSR count). The summed E-state index contributed by atoms with van der Waals surface area (Å²) < 4.78 is 0. The van der Waals surface area contributed by atoms with Gasteiger partial charge in [-0.05, 0) is 46.6 Å². The third kappa shape index (κ3) is 4.97. The lowest BCUT2D eigenvalue weighted by molar-refractivity contribution is 0.128. The summed E-state index contributed by atoms with van der Waals surface area (Å²) in [5.74, 6) is 0.718. The highest BCUT2D eigenvalue weighted by Crippen LogP contribution is 2.25. The molecule has 1 N–H and O–H groups in total. The van der Waals surface area contributed by atoms with E-state index in [1.807, 2.05) is 0 Å². The van der Waals surface area contributed by atoms with Crippen LogP contribution in [-0.4, -0.2) is 36.1 Å². The highest BCUT2D eigenvalue weighted by molar-refractivity contribution is 4.85.